The molecule has 0 radical (unpaired) electrons. The van der Waals surface area contributed by atoms with Gasteiger partial charge in [-0.2, -0.15) is 5.26 Å². The number of hydrogen-bond donors (Lipinski definition) is 1. The second-order valence-electron chi connectivity index (χ2n) is 11.3. The van der Waals surface area contributed by atoms with Gasteiger partial charge < -0.3 is 15.0 Å². The zero-order valence-electron chi connectivity index (χ0n) is 23.6. The summed E-state index contributed by atoms with van der Waals surface area (Å²) in [5.74, 6) is -8.29. The summed E-state index contributed by atoms with van der Waals surface area (Å²) in [7, 11) is -3.41. The molecule has 2 aliphatic carbocycles. The van der Waals surface area contributed by atoms with Crippen LogP contribution in [0.3, 0.4) is 0 Å². The van der Waals surface area contributed by atoms with Gasteiger partial charge in [0.05, 0.1) is 64.6 Å². The minimum Gasteiger partial charge on any atom is -0.490 e. The van der Waals surface area contributed by atoms with E-state index in [4.69, 9.17) is 4.74 Å². The molecule has 8 nitrogen and oxygen atoms in total. The van der Waals surface area contributed by atoms with Gasteiger partial charge in [0.15, 0.2) is 9.84 Å². The number of hydrogen-bond acceptors (Lipinski definition) is 7. The summed E-state index contributed by atoms with van der Waals surface area (Å²) in [5, 5.41) is 12.2. The molecule has 6 rings (SSSR count). The van der Waals surface area contributed by atoms with Crippen molar-refractivity contribution in [3.05, 3.63) is 77.1 Å². The van der Waals surface area contributed by atoms with E-state index in [-0.39, 0.29) is 53.5 Å². The second-order valence-corrected chi connectivity index (χ2v) is 13.5. The van der Waals surface area contributed by atoms with E-state index in [0.717, 1.165) is 0 Å². The van der Waals surface area contributed by atoms with Gasteiger partial charge in [-0.3, -0.25) is 9.78 Å². The lowest BCUT2D eigenvalue weighted by molar-refractivity contribution is 0.0936. The molecule has 1 aliphatic heterocycles. The Balaban J connectivity index is 1.25. The number of nitriles is 1. The first-order valence-corrected chi connectivity index (χ1v) is 15.8. The number of pyridine rings is 1. The van der Waals surface area contributed by atoms with Crippen LogP contribution in [0.1, 0.15) is 71.4 Å². The third kappa shape index (κ3) is 5.70. The Hall–Kier alpha value is -4.18. The molecule has 2 heterocycles. The third-order valence-corrected chi connectivity index (χ3v) is 9.99. The fraction of sp³-hybridized carbons (Fsp3) is 0.387. The quantitative estimate of drug-likeness (QED) is 0.288. The summed E-state index contributed by atoms with van der Waals surface area (Å²) in [4.78, 5) is 19.4. The molecule has 2 fully saturated rings. The van der Waals surface area contributed by atoms with Crippen LogP contribution in [0, 0.1) is 11.3 Å². The average molecular weight is 629 g/mol. The summed E-state index contributed by atoms with van der Waals surface area (Å²) >= 11 is 0. The maximum Gasteiger partial charge on any atom is 0.257 e. The molecule has 2 saturated carbocycles. The second kappa shape index (κ2) is 10.8. The highest BCUT2D eigenvalue weighted by Crippen LogP contribution is 2.58. The maximum absolute atomic E-state index is 13.9. The number of amides is 1. The van der Waals surface area contributed by atoms with Crippen LogP contribution in [0.15, 0.2) is 59.5 Å². The first kappa shape index (κ1) is 29.9. The topological polar surface area (TPSA) is 112 Å². The molecule has 2 unspecified atom stereocenters. The Labute approximate surface area is 251 Å². The summed E-state index contributed by atoms with van der Waals surface area (Å²) in [6, 6.07) is 15.0. The van der Waals surface area contributed by atoms with Crippen LogP contribution in [0.2, 0.25) is 0 Å². The van der Waals surface area contributed by atoms with Gasteiger partial charge in [-0.1, -0.05) is 19.1 Å². The van der Waals surface area contributed by atoms with E-state index in [9.17, 15) is 36.0 Å². The third-order valence-electron chi connectivity index (χ3n) is 8.23. The van der Waals surface area contributed by atoms with Crippen molar-refractivity contribution < 1.29 is 35.5 Å². The number of fused-ring (bicyclic) bond motifs is 1. The normalized spacial score (nSPS) is 21.8. The number of aromatic nitrogens is 1. The van der Waals surface area contributed by atoms with Crippen molar-refractivity contribution in [2.24, 2.45) is 0 Å². The van der Waals surface area contributed by atoms with Crippen molar-refractivity contribution in [1.82, 2.24) is 10.3 Å². The number of sulfone groups is 1. The number of anilines is 2. The number of alkyl halides is 4. The zero-order chi connectivity index (χ0) is 31.4. The van der Waals surface area contributed by atoms with E-state index in [1.807, 2.05) is 6.07 Å². The Bertz CT molecular complexity index is 1740. The lowest BCUT2D eigenvalue weighted by Gasteiger charge is -2.32. The molecule has 3 aliphatic rings. The minimum atomic E-state index is -3.41. The van der Waals surface area contributed by atoms with E-state index in [1.165, 1.54) is 30.3 Å². The molecule has 230 valence electrons. The number of benzene rings is 2. The largest absolute Gasteiger partial charge is 0.490 e. The Kier molecular flexibility index (Phi) is 7.31. The molecule has 3 aromatic rings. The Morgan fingerprint density at radius 1 is 1.07 bits per heavy atom. The molecular formula is C31H28F4N4O4S. The number of nitrogens with zero attached hydrogens (tertiary/aromatic N) is 3. The number of rotatable bonds is 9. The van der Waals surface area contributed by atoms with Gasteiger partial charge in [-0.25, -0.2) is 26.0 Å². The molecule has 0 bridgehead atoms. The number of halogens is 4. The predicted molar refractivity (Wildman–Crippen MR) is 152 cm³/mol. The molecule has 0 saturated heterocycles. The fourth-order valence-electron chi connectivity index (χ4n) is 5.43. The van der Waals surface area contributed by atoms with E-state index < -0.39 is 45.5 Å². The van der Waals surface area contributed by atoms with E-state index in [2.05, 4.69) is 10.3 Å². The maximum atomic E-state index is 13.9. The van der Waals surface area contributed by atoms with Crippen molar-refractivity contribution in [2.45, 2.75) is 60.8 Å². The first-order chi connectivity index (χ1) is 20.8. The molecule has 13 heteroatoms. The highest BCUT2D eigenvalue weighted by atomic mass is 32.2. The molecule has 0 spiro atoms. The summed E-state index contributed by atoms with van der Waals surface area (Å²) in [6.45, 7) is 2.05. The molecule has 1 aromatic heterocycles. The van der Waals surface area contributed by atoms with Crippen LogP contribution in [0.25, 0.3) is 0 Å². The van der Waals surface area contributed by atoms with Crippen LogP contribution in [0.5, 0.6) is 5.75 Å². The average Bonchev–Trinajstić information content (AvgIpc) is 3.87. The monoisotopic (exact) mass is 628 g/mol. The minimum absolute atomic E-state index is 0.0566. The van der Waals surface area contributed by atoms with Crippen LogP contribution >= 0.6 is 0 Å². The van der Waals surface area contributed by atoms with Gasteiger partial charge in [0.25, 0.3) is 17.8 Å². The van der Waals surface area contributed by atoms with Crippen molar-refractivity contribution >= 4 is 27.1 Å². The van der Waals surface area contributed by atoms with Crippen LogP contribution in [-0.2, 0) is 9.84 Å². The van der Waals surface area contributed by atoms with Crippen LogP contribution < -0.4 is 15.0 Å². The van der Waals surface area contributed by atoms with Crippen molar-refractivity contribution in [3.8, 4) is 11.8 Å². The SMILES string of the molecule is CCS(=O)(=O)c1ccc([C@H](CC#N)NC(=O)c2ccc3c(c2)OCCN3c2cc(C3CC3(F)F)nc(C3CC3(F)F)c2)cc1. The molecule has 44 heavy (non-hydrogen) atoms. The van der Waals surface area contributed by atoms with Gasteiger partial charge in [0.2, 0.25) is 0 Å². The van der Waals surface area contributed by atoms with Gasteiger partial charge in [-0.05, 0) is 48.0 Å². The predicted octanol–water partition coefficient (Wildman–Crippen LogP) is 6.04. The number of carbonyl (C=O) groups excluding carboxylic acids is 1. The zero-order valence-corrected chi connectivity index (χ0v) is 24.4. The van der Waals surface area contributed by atoms with Crippen LogP contribution in [-0.4, -0.2) is 50.1 Å². The lowest BCUT2D eigenvalue weighted by Crippen LogP contribution is -2.30. The van der Waals surface area contributed by atoms with Gasteiger partial charge in [-0.15, -0.1) is 0 Å². The highest BCUT2D eigenvalue weighted by molar-refractivity contribution is 7.91. The molecule has 3 atom stereocenters. The molecular weight excluding hydrogens is 600 g/mol. The van der Waals surface area contributed by atoms with Crippen molar-refractivity contribution in [1.29, 1.82) is 5.26 Å². The molecule has 1 N–H and O–H groups in total. The van der Waals surface area contributed by atoms with Crippen molar-refractivity contribution in [2.75, 3.05) is 23.8 Å². The Morgan fingerprint density at radius 2 is 1.68 bits per heavy atom. The van der Waals surface area contributed by atoms with Crippen LogP contribution in [0.4, 0.5) is 28.9 Å². The standard InChI is InChI=1S/C31H28F4N4O4S/c1-2-44(41,42)21-6-3-18(4-7-21)24(9-10-36)38-29(40)19-5-8-27-28(13-19)43-12-11-39(27)20-14-25(22-16-30(22,32)33)37-26(15-20)23-17-31(23,34)35/h3-8,13-15,22-24H,2,9,11-12,16-17H2,1H3,(H,38,40)/t22?,23?,24-/m0/s1. The molecule has 1 amide bonds. The summed E-state index contributed by atoms with van der Waals surface area (Å²) < 4.78 is 85.9. The smallest absolute Gasteiger partial charge is 0.257 e. The number of nitrogens with one attached hydrogen (secondary N) is 1. The van der Waals surface area contributed by atoms with Gasteiger partial charge >= 0.3 is 0 Å². The molecule has 2 aromatic carbocycles. The summed E-state index contributed by atoms with van der Waals surface area (Å²) in [6.07, 6.45) is -0.818. The fourth-order valence-corrected chi connectivity index (χ4v) is 6.31. The van der Waals surface area contributed by atoms with Gasteiger partial charge in [0.1, 0.15) is 12.4 Å². The summed E-state index contributed by atoms with van der Waals surface area (Å²) in [5.41, 5.74) is 1.92. The lowest BCUT2D eigenvalue weighted by atomic mass is 10.0. The first-order valence-electron chi connectivity index (χ1n) is 14.2. The van der Waals surface area contributed by atoms with E-state index in [0.29, 0.717) is 29.2 Å². The Morgan fingerprint density at radius 3 is 2.23 bits per heavy atom. The van der Waals surface area contributed by atoms with Crippen molar-refractivity contribution in [3.63, 3.8) is 0 Å². The number of ether oxygens (including phenoxy) is 1. The van der Waals surface area contributed by atoms with E-state index >= 15 is 0 Å². The highest BCUT2D eigenvalue weighted by Gasteiger charge is 2.61. The van der Waals surface area contributed by atoms with E-state index in [1.54, 1.807) is 36.1 Å². The van der Waals surface area contributed by atoms with Gasteiger partial charge in [0, 0.05) is 24.1 Å². The number of carbonyl (C=O) groups is 1.